The number of hydrogen-bond donors (Lipinski definition) is 0. The van der Waals surface area contributed by atoms with Crippen LogP contribution in [-0.2, 0) is 9.59 Å². The van der Waals surface area contributed by atoms with E-state index in [2.05, 4.69) is 0 Å². The molecular weight excluding hydrogens is 228 g/mol. The monoisotopic (exact) mass is 252 g/mol. The van der Waals surface area contributed by atoms with Gasteiger partial charge in [-0.25, -0.2) is 0 Å². The lowest BCUT2D eigenvalue weighted by atomic mass is 10.1. The Hall–Kier alpha value is -1.06. The van der Waals surface area contributed by atoms with Gasteiger partial charge in [-0.2, -0.15) is 0 Å². The molecule has 2 amide bonds. The van der Waals surface area contributed by atoms with Crippen molar-refractivity contribution in [2.45, 2.75) is 52.0 Å². The van der Waals surface area contributed by atoms with Crippen molar-refractivity contribution < 1.29 is 9.59 Å². The van der Waals surface area contributed by atoms with Gasteiger partial charge in [-0.15, -0.1) is 0 Å². The number of amides is 2. The molecule has 2 fully saturated rings. The van der Waals surface area contributed by atoms with Crippen LogP contribution >= 0.6 is 0 Å². The fraction of sp³-hybridized carbons (Fsp3) is 0.857. The van der Waals surface area contributed by atoms with Gasteiger partial charge in [0.2, 0.25) is 11.8 Å². The number of nitrogens with zero attached hydrogens (tertiary/aromatic N) is 2. The van der Waals surface area contributed by atoms with Crippen LogP contribution in [0.1, 0.15) is 46.0 Å². The van der Waals surface area contributed by atoms with Crippen molar-refractivity contribution in [1.82, 2.24) is 9.80 Å². The van der Waals surface area contributed by atoms with E-state index in [-0.39, 0.29) is 17.7 Å². The van der Waals surface area contributed by atoms with E-state index in [1.165, 1.54) is 12.8 Å². The number of hydrogen-bond acceptors (Lipinski definition) is 2. The van der Waals surface area contributed by atoms with Crippen LogP contribution in [0.5, 0.6) is 0 Å². The molecule has 1 saturated carbocycles. The van der Waals surface area contributed by atoms with Gasteiger partial charge in [0.05, 0.1) is 5.92 Å². The highest BCUT2D eigenvalue weighted by atomic mass is 16.2. The Morgan fingerprint density at radius 3 is 2.44 bits per heavy atom. The molecule has 0 unspecified atom stereocenters. The number of carbonyl (C=O) groups excluding carboxylic acids is 2. The fourth-order valence-corrected chi connectivity index (χ4v) is 3.26. The van der Waals surface area contributed by atoms with Crippen LogP contribution in [0.3, 0.4) is 0 Å². The fourth-order valence-electron chi connectivity index (χ4n) is 3.26. The van der Waals surface area contributed by atoms with Gasteiger partial charge in [0.1, 0.15) is 0 Å². The highest BCUT2D eigenvalue weighted by Gasteiger charge is 2.39. The van der Waals surface area contributed by atoms with Gasteiger partial charge in [-0.05, 0) is 26.7 Å². The highest BCUT2D eigenvalue weighted by molar-refractivity contribution is 5.89. The second-order valence-corrected chi connectivity index (χ2v) is 5.40. The molecule has 1 atom stereocenters. The third-order valence-electron chi connectivity index (χ3n) is 4.35. The van der Waals surface area contributed by atoms with Crippen LogP contribution in [0.25, 0.3) is 0 Å². The van der Waals surface area contributed by atoms with E-state index in [1.54, 1.807) is 0 Å². The maximum absolute atomic E-state index is 12.3. The molecule has 1 saturated heterocycles. The van der Waals surface area contributed by atoms with Crippen molar-refractivity contribution in [3.8, 4) is 0 Å². The molecule has 102 valence electrons. The minimum atomic E-state index is -0.0991. The molecule has 0 bridgehead atoms. The summed E-state index contributed by atoms with van der Waals surface area (Å²) in [6, 6.07) is 0.409. The summed E-state index contributed by atoms with van der Waals surface area (Å²) in [5.41, 5.74) is 0. The van der Waals surface area contributed by atoms with Crippen LogP contribution in [0.4, 0.5) is 0 Å². The van der Waals surface area contributed by atoms with E-state index in [4.69, 9.17) is 0 Å². The van der Waals surface area contributed by atoms with E-state index in [1.807, 2.05) is 23.6 Å². The average molecular weight is 252 g/mol. The van der Waals surface area contributed by atoms with E-state index in [9.17, 15) is 9.59 Å². The molecule has 0 aromatic rings. The van der Waals surface area contributed by atoms with Gasteiger partial charge >= 0.3 is 0 Å². The SMILES string of the molecule is CCN(CC)C(=O)[C@@H]1CC(=O)N(C2CCCC2)C1. The average Bonchev–Trinajstić information content (AvgIpc) is 2.99. The van der Waals surface area contributed by atoms with Crippen molar-refractivity contribution in [1.29, 1.82) is 0 Å². The van der Waals surface area contributed by atoms with Crippen molar-refractivity contribution in [2.24, 2.45) is 5.92 Å². The van der Waals surface area contributed by atoms with Gasteiger partial charge in [-0.3, -0.25) is 9.59 Å². The molecule has 18 heavy (non-hydrogen) atoms. The number of likely N-dealkylation sites (tertiary alicyclic amines) is 1. The molecule has 4 nitrogen and oxygen atoms in total. The Balaban J connectivity index is 1.97. The van der Waals surface area contributed by atoms with E-state index < -0.39 is 0 Å². The Morgan fingerprint density at radius 2 is 1.89 bits per heavy atom. The van der Waals surface area contributed by atoms with E-state index in [0.717, 1.165) is 25.9 Å². The van der Waals surface area contributed by atoms with Gasteiger partial charge in [0.15, 0.2) is 0 Å². The smallest absolute Gasteiger partial charge is 0.227 e. The summed E-state index contributed by atoms with van der Waals surface area (Å²) in [6.45, 7) is 6.12. The molecule has 4 heteroatoms. The summed E-state index contributed by atoms with van der Waals surface area (Å²) in [4.78, 5) is 28.1. The quantitative estimate of drug-likeness (QED) is 0.763. The molecule has 2 aliphatic rings. The molecule has 0 spiro atoms. The van der Waals surface area contributed by atoms with Crippen molar-refractivity contribution >= 4 is 11.8 Å². The lowest BCUT2D eigenvalue weighted by Crippen LogP contribution is -2.39. The Morgan fingerprint density at radius 1 is 1.28 bits per heavy atom. The van der Waals surface area contributed by atoms with E-state index in [0.29, 0.717) is 19.0 Å². The standard InChI is InChI=1S/C14H24N2O2/c1-3-15(4-2)14(18)11-9-13(17)16(10-11)12-7-5-6-8-12/h11-12H,3-10H2,1-2H3/t11-/m1/s1. The van der Waals surface area contributed by atoms with Crippen LogP contribution in [0.2, 0.25) is 0 Å². The second-order valence-electron chi connectivity index (χ2n) is 5.40. The Kier molecular flexibility index (Phi) is 4.25. The molecule has 0 radical (unpaired) electrons. The summed E-state index contributed by atoms with van der Waals surface area (Å²) >= 11 is 0. The summed E-state index contributed by atoms with van der Waals surface area (Å²) in [5.74, 6) is 0.249. The topological polar surface area (TPSA) is 40.6 Å². The van der Waals surface area contributed by atoms with Crippen LogP contribution in [0, 0.1) is 5.92 Å². The molecule has 2 rings (SSSR count). The molecule has 0 N–H and O–H groups in total. The van der Waals surface area contributed by atoms with Gasteiger partial charge in [-0.1, -0.05) is 12.8 Å². The predicted molar refractivity (Wildman–Crippen MR) is 70.0 cm³/mol. The third-order valence-corrected chi connectivity index (χ3v) is 4.35. The normalized spacial score (nSPS) is 24.9. The lowest BCUT2D eigenvalue weighted by molar-refractivity contribution is -0.135. The number of carbonyl (C=O) groups is 2. The zero-order valence-electron chi connectivity index (χ0n) is 11.5. The summed E-state index contributed by atoms with van der Waals surface area (Å²) < 4.78 is 0. The maximum atomic E-state index is 12.3. The van der Waals surface area contributed by atoms with Crippen molar-refractivity contribution in [2.75, 3.05) is 19.6 Å². The first-order valence-corrected chi connectivity index (χ1v) is 7.25. The summed E-state index contributed by atoms with van der Waals surface area (Å²) in [5, 5.41) is 0. The lowest BCUT2D eigenvalue weighted by Gasteiger charge is -2.25. The minimum Gasteiger partial charge on any atom is -0.343 e. The largest absolute Gasteiger partial charge is 0.343 e. The highest BCUT2D eigenvalue weighted by Crippen LogP contribution is 2.30. The molecular formula is C14H24N2O2. The van der Waals surface area contributed by atoms with Gasteiger partial charge < -0.3 is 9.80 Å². The van der Waals surface area contributed by atoms with Gasteiger partial charge in [0, 0.05) is 32.1 Å². The zero-order chi connectivity index (χ0) is 13.1. The molecule has 1 aliphatic carbocycles. The maximum Gasteiger partial charge on any atom is 0.227 e. The molecule has 1 heterocycles. The molecule has 0 aromatic carbocycles. The van der Waals surface area contributed by atoms with Crippen molar-refractivity contribution in [3.63, 3.8) is 0 Å². The third kappa shape index (κ3) is 2.52. The Bertz CT molecular complexity index is 320. The Labute approximate surface area is 109 Å². The zero-order valence-corrected chi connectivity index (χ0v) is 11.5. The minimum absolute atomic E-state index is 0.0991. The first-order chi connectivity index (χ1) is 8.67. The second kappa shape index (κ2) is 5.72. The van der Waals surface area contributed by atoms with Gasteiger partial charge in [0.25, 0.3) is 0 Å². The number of rotatable bonds is 4. The molecule has 0 aromatic heterocycles. The predicted octanol–water partition coefficient (Wildman–Crippen LogP) is 1.65. The van der Waals surface area contributed by atoms with Crippen LogP contribution in [0.15, 0.2) is 0 Å². The van der Waals surface area contributed by atoms with Crippen molar-refractivity contribution in [3.05, 3.63) is 0 Å². The first kappa shape index (κ1) is 13.4. The van der Waals surface area contributed by atoms with E-state index >= 15 is 0 Å². The van der Waals surface area contributed by atoms with Crippen LogP contribution in [-0.4, -0.2) is 47.3 Å². The first-order valence-electron chi connectivity index (χ1n) is 7.25. The molecule has 1 aliphatic heterocycles. The summed E-state index contributed by atoms with van der Waals surface area (Å²) in [7, 11) is 0. The van der Waals surface area contributed by atoms with Crippen LogP contribution < -0.4 is 0 Å². The summed E-state index contributed by atoms with van der Waals surface area (Å²) in [6.07, 6.45) is 5.12.